The van der Waals surface area contributed by atoms with E-state index in [0.717, 1.165) is 18.9 Å². The van der Waals surface area contributed by atoms with Crippen molar-refractivity contribution in [2.24, 2.45) is 12.5 Å². The van der Waals surface area contributed by atoms with Crippen LogP contribution in [-0.2, 0) is 42.6 Å². The number of amides is 2. The highest BCUT2D eigenvalue weighted by molar-refractivity contribution is 6.06. The summed E-state index contributed by atoms with van der Waals surface area (Å²) in [6, 6.07) is 6.25. The maximum Gasteiger partial charge on any atom is 0.409 e. The predicted molar refractivity (Wildman–Crippen MR) is 217 cm³/mol. The predicted octanol–water partition coefficient (Wildman–Crippen LogP) is 5.02. The average molecular weight is 816 g/mol. The number of carbonyl (C=O) groups excluding carboxylic acids is 2. The summed E-state index contributed by atoms with van der Waals surface area (Å²) in [7, 11) is 1.54. The number of aliphatic hydroxyl groups excluding tert-OH is 1. The van der Waals surface area contributed by atoms with Gasteiger partial charge < -0.3 is 34.5 Å². The molecule has 4 aliphatic rings. The van der Waals surface area contributed by atoms with Crippen LogP contribution in [0.25, 0.3) is 11.3 Å². The van der Waals surface area contributed by atoms with Gasteiger partial charge >= 0.3 is 6.18 Å². The zero-order valence-electron chi connectivity index (χ0n) is 33.3. The number of pyridine rings is 1. The van der Waals surface area contributed by atoms with E-state index >= 15 is 0 Å². The fourth-order valence-electron chi connectivity index (χ4n) is 9.08. The van der Waals surface area contributed by atoms with Gasteiger partial charge in [-0.15, -0.1) is 0 Å². The Kier molecular flexibility index (Phi) is 10.6. The van der Waals surface area contributed by atoms with Gasteiger partial charge in [0.25, 0.3) is 11.5 Å². The summed E-state index contributed by atoms with van der Waals surface area (Å²) in [5.41, 5.74) is 4.19. The SMILES string of the molecule is C=CC(=O)Nc1cc(Nc2nc(-c3ccnc(N4CCn5c(cc6c5CC(C)(C)C6)C4=O)c3CO)cn(C)c2=O)ccc1N1CCN(C2CCOCC2)CC1C(F)(F)F. The van der Waals surface area contributed by atoms with Crippen molar-refractivity contribution in [3.63, 3.8) is 0 Å². The summed E-state index contributed by atoms with van der Waals surface area (Å²) in [5.74, 6) is -0.674. The number of nitrogens with one attached hydrogen (secondary N) is 2. The van der Waals surface area contributed by atoms with E-state index in [1.165, 1.54) is 58.4 Å². The molecule has 1 aromatic carbocycles. The molecule has 14 nitrogen and oxygen atoms in total. The first-order chi connectivity index (χ1) is 28.2. The van der Waals surface area contributed by atoms with E-state index in [1.807, 2.05) is 11.0 Å². The quantitative estimate of drug-likeness (QED) is 0.197. The third-order valence-corrected chi connectivity index (χ3v) is 11.9. The van der Waals surface area contributed by atoms with Crippen LogP contribution in [0.4, 0.5) is 41.9 Å². The van der Waals surface area contributed by atoms with Gasteiger partial charge in [0.2, 0.25) is 5.91 Å². The second kappa shape index (κ2) is 15.6. The number of aromatic nitrogens is 4. The Labute approximate surface area is 339 Å². The first-order valence-electron chi connectivity index (χ1n) is 19.9. The molecule has 8 rings (SSSR count). The van der Waals surface area contributed by atoms with E-state index in [9.17, 15) is 32.7 Å². The van der Waals surface area contributed by atoms with Crippen molar-refractivity contribution in [3.05, 3.63) is 88.2 Å². The number of aliphatic hydroxyl groups is 1. The number of carbonyl (C=O) groups is 2. The Morgan fingerprint density at radius 3 is 2.59 bits per heavy atom. The Balaban J connectivity index is 1.09. The van der Waals surface area contributed by atoms with E-state index < -0.39 is 30.3 Å². The molecular formula is C42H48F3N9O5. The lowest BCUT2D eigenvalue weighted by Gasteiger charge is -2.47. The maximum atomic E-state index is 14.7. The highest BCUT2D eigenvalue weighted by Gasteiger charge is 2.48. The summed E-state index contributed by atoms with van der Waals surface area (Å²) in [6.07, 6.45) is 2.61. The molecule has 1 atom stereocenters. The van der Waals surface area contributed by atoms with Gasteiger partial charge in [0.15, 0.2) is 5.82 Å². The van der Waals surface area contributed by atoms with Gasteiger partial charge in [-0.2, -0.15) is 13.2 Å². The molecule has 6 heterocycles. The highest BCUT2D eigenvalue weighted by Crippen LogP contribution is 2.41. The lowest BCUT2D eigenvalue weighted by molar-refractivity contribution is -0.159. The molecule has 59 heavy (non-hydrogen) atoms. The Hall–Kier alpha value is -5.52. The smallest absolute Gasteiger partial charge is 0.392 e. The number of fused-ring (bicyclic) bond motifs is 3. The van der Waals surface area contributed by atoms with E-state index in [2.05, 4.69) is 45.6 Å². The topological polar surface area (TPSA) is 150 Å². The summed E-state index contributed by atoms with van der Waals surface area (Å²) >= 11 is 0. The fourth-order valence-corrected chi connectivity index (χ4v) is 9.08. The average Bonchev–Trinajstić information content (AvgIpc) is 3.71. The van der Waals surface area contributed by atoms with Crippen LogP contribution in [0.1, 0.15) is 54.0 Å². The minimum atomic E-state index is -4.57. The normalized spacial score (nSPS) is 19.7. The summed E-state index contributed by atoms with van der Waals surface area (Å²) < 4.78 is 53.0. The van der Waals surface area contributed by atoms with E-state index in [-0.39, 0.29) is 59.2 Å². The molecule has 0 saturated carbocycles. The molecule has 312 valence electrons. The van der Waals surface area contributed by atoms with Crippen LogP contribution in [0.15, 0.2) is 60.2 Å². The Bertz CT molecular complexity index is 2370. The molecule has 3 N–H and O–H groups in total. The number of rotatable bonds is 9. The molecule has 1 aliphatic carbocycles. The first kappa shape index (κ1) is 40.3. The monoisotopic (exact) mass is 815 g/mol. The number of benzene rings is 1. The van der Waals surface area contributed by atoms with Gasteiger partial charge in [-0.25, -0.2) is 9.97 Å². The van der Waals surface area contributed by atoms with Crippen LogP contribution in [0.5, 0.6) is 0 Å². The second-order valence-corrected chi connectivity index (χ2v) is 16.5. The van der Waals surface area contributed by atoms with Crippen LogP contribution >= 0.6 is 0 Å². The van der Waals surface area contributed by atoms with Crippen molar-refractivity contribution in [1.29, 1.82) is 0 Å². The van der Waals surface area contributed by atoms with Gasteiger partial charge in [0, 0.05) is 93.9 Å². The van der Waals surface area contributed by atoms with Gasteiger partial charge in [-0.05, 0) is 73.1 Å². The molecule has 0 radical (unpaired) electrons. The third kappa shape index (κ3) is 7.74. The molecule has 1 unspecified atom stereocenters. The van der Waals surface area contributed by atoms with Crippen molar-refractivity contribution in [1.82, 2.24) is 24.0 Å². The Morgan fingerprint density at radius 1 is 1.08 bits per heavy atom. The number of halogens is 3. The minimum Gasteiger partial charge on any atom is -0.392 e. The lowest BCUT2D eigenvalue weighted by Crippen LogP contribution is -2.61. The number of ether oxygens (including phenoxy) is 1. The van der Waals surface area contributed by atoms with E-state index in [1.54, 1.807) is 11.0 Å². The molecule has 2 fully saturated rings. The van der Waals surface area contributed by atoms with Crippen molar-refractivity contribution in [2.75, 3.05) is 59.8 Å². The van der Waals surface area contributed by atoms with Crippen molar-refractivity contribution in [2.45, 2.75) is 70.9 Å². The third-order valence-electron chi connectivity index (χ3n) is 11.9. The summed E-state index contributed by atoms with van der Waals surface area (Å²) in [5, 5.41) is 16.4. The highest BCUT2D eigenvalue weighted by atomic mass is 19.4. The maximum absolute atomic E-state index is 14.7. The van der Waals surface area contributed by atoms with Crippen LogP contribution in [0, 0.1) is 5.41 Å². The number of aryl methyl sites for hydroxylation is 1. The molecule has 0 bridgehead atoms. The number of piperazine rings is 1. The van der Waals surface area contributed by atoms with Crippen LogP contribution in [-0.4, -0.2) is 98.6 Å². The van der Waals surface area contributed by atoms with E-state index in [0.29, 0.717) is 68.2 Å². The summed E-state index contributed by atoms with van der Waals surface area (Å²) in [4.78, 5) is 54.0. The van der Waals surface area contributed by atoms with Crippen LogP contribution in [0.2, 0.25) is 0 Å². The second-order valence-electron chi connectivity index (χ2n) is 16.5. The molecule has 17 heteroatoms. The zero-order chi connectivity index (χ0) is 41.8. The van der Waals surface area contributed by atoms with Gasteiger partial charge in [-0.3, -0.25) is 24.2 Å². The van der Waals surface area contributed by atoms with E-state index in [4.69, 9.17) is 4.74 Å². The molecule has 4 aromatic rings. The van der Waals surface area contributed by atoms with Crippen molar-refractivity contribution in [3.8, 4) is 11.3 Å². The first-order valence-corrected chi connectivity index (χ1v) is 19.9. The fraction of sp³-hybridized carbons (Fsp3) is 0.452. The van der Waals surface area contributed by atoms with Crippen LogP contribution in [0.3, 0.4) is 0 Å². The zero-order valence-corrected chi connectivity index (χ0v) is 33.3. The molecule has 2 amide bonds. The molecule has 2 saturated heterocycles. The largest absolute Gasteiger partial charge is 0.409 e. The van der Waals surface area contributed by atoms with Crippen molar-refractivity contribution >= 4 is 40.5 Å². The van der Waals surface area contributed by atoms with Crippen LogP contribution < -0.4 is 26.0 Å². The van der Waals surface area contributed by atoms with Crippen molar-refractivity contribution < 1.29 is 32.6 Å². The van der Waals surface area contributed by atoms with Gasteiger partial charge in [0.1, 0.15) is 17.6 Å². The van der Waals surface area contributed by atoms with Gasteiger partial charge in [0.05, 0.1) is 23.7 Å². The number of nitrogens with zero attached hydrogens (tertiary/aromatic N) is 7. The molecular weight excluding hydrogens is 768 g/mol. The molecule has 3 aliphatic heterocycles. The number of hydrogen-bond acceptors (Lipinski definition) is 10. The molecule has 0 spiro atoms. The molecule has 3 aromatic heterocycles. The minimum absolute atomic E-state index is 0.00533. The number of anilines is 5. The summed E-state index contributed by atoms with van der Waals surface area (Å²) in [6.45, 7) is 9.64. The Morgan fingerprint density at radius 2 is 1.86 bits per heavy atom. The number of hydrogen-bond donors (Lipinski definition) is 3. The standard InChI is InChI=1S/C42H48F3N9O5/c1-5-36(56)48-30-19-26(6-7-32(30)53-13-12-51(23-35(53)42(43,44)45)27-9-16-59-17-10-27)47-37-40(58)50(4)22-31(49-37)28-8-11-46-38(29(28)24-55)54-15-14-52-33(39(54)57)18-25-20-41(2,3)21-34(25)52/h5-8,11,18-19,22,27,35,55H,1,9-10,12-17,20-21,23-24H2,2-4H3,(H,47,49)(H,48,56). The number of alkyl halides is 3. The van der Waals surface area contributed by atoms with Gasteiger partial charge in [-0.1, -0.05) is 20.4 Å². The lowest BCUT2D eigenvalue weighted by atomic mass is 9.90.